The lowest BCUT2D eigenvalue weighted by Gasteiger charge is -2.14. The van der Waals surface area contributed by atoms with E-state index in [1.807, 2.05) is 19.9 Å². The summed E-state index contributed by atoms with van der Waals surface area (Å²) in [5, 5.41) is 0.741. The highest BCUT2D eigenvalue weighted by atomic mass is 79.9. The number of sulfone groups is 1. The molecule has 18 heavy (non-hydrogen) atoms. The largest absolute Gasteiger partial charge is 0.224 e. The zero-order valence-electron chi connectivity index (χ0n) is 11.2. The van der Waals surface area contributed by atoms with Crippen LogP contribution in [0.15, 0.2) is 23.1 Å². The second-order valence-electron chi connectivity index (χ2n) is 4.84. The fraction of sp³-hybridized carbons (Fsp3) is 0.571. The van der Waals surface area contributed by atoms with Crippen LogP contribution in [0, 0.1) is 19.8 Å². The average molecular weight is 333 g/mol. The number of halogens is 1. The molecule has 1 atom stereocenters. The molecule has 0 aliphatic carbocycles. The van der Waals surface area contributed by atoms with E-state index in [9.17, 15) is 8.42 Å². The van der Waals surface area contributed by atoms with Gasteiger partial charge in [0.05, 0.1) is 10.6 Å². The van der Waals surface area contributed by atoms with E-state index in [0.29, 0.717) is 4.90 Å². The first-order chi connectivity index (χ1) is 8.40. The minimum absolute atomic E-state index is 0.196. The van der Waals surface area contributed by atoms with Gasteiger partial charge in [0.15, 0.2) is 9.84 Å². The summed E-state index contributed by atoms with van der Waals surface area (Å²) in [6.07, 6.45) is 1.95. The van der Waals surface area contributed by atoms with E-state index in [1.165, 1.54) is 0 Å². The lowest BCUT2D eigenvalue weighted by Crippen LogP contribution is -2.17. The molecule has 102 valence electrons. The average Bonchev–Trinajstić information content (AvgIpc) is 2.31. The summed E-state index contributed by atoms with van der Waals surface area (Å²) in [4.78, 5) is 0.452. The second kappa shape index (κ2) is 6.71. The first-order valence-corrected chi connectivity index (χ1v) is 9.04. The molecule has 0 N–H and O–H groups in total. The summed E-state index contributed by atoms with van der Waals surface area (Å²) in [7, 11) is -3.16. The summed E-state index contributed by atoms with van der Waals surface area (Å²) >= 11 is 3.40. The van der Waals surface area contributed by atoms with Crippen molar-refractivity contribution < 1.29 is 8.42 Å². The maximum Gasteiger partial charge on any atom is 0.178 e. The van der Waals surface area contributed by atoms with Crippen molar-refractivity contribution in [2.75, 3.05) is 11.1 Å². The summed E-state index contributed by atoms with van der Waals surface area (Å²) in [5.74, 6) is 0.427. The van der Waals surface area contributed by atoms with E-state index in [2.05, 4.69) is 22.9 Å². The quantitative estimate of drug-likeness (QED) is 0.740. The van der Waals surface area contributed by atoms with E-state index >= 15 is 0 Å². The standard InChI is InChI=1S/C14H21BrO2S/c1-4-5-13(9-15)10-18(16,17)14-7-6-11(2)12(3)8-14/h6-8,13H,4-5,9-10H2,1-3H3. The second-order valence-corrected chi connectivity index (χ2v) is 7.52. The fourth-order valence-corrected chi connectivity index (χ4v) is 4.51. The van der Waals surface area contributed by atoms with Crippen molar-refractivity contribution in [3.8, 4) is 0 Å². The topological polar surface area (TPSA) is 34.1 Å². The van der Waals surface area contributed by atoms with Crippen LogP contribution in [0.4, 0.5) is 0 Å². The van der Waals surface area contributed by atoms with Crippen molar-refractivity contribution in [1.82, 2.24) is 0 Å². The molecule has 0 bridgehead atoms. The number of alkyl halides is 1. The molecule has 1 rings (SSSR count). The Bertz CT molecular complexity index is 495. The molecule has 0 aromatic heterocycles. The third kappa shape index (κ3) is 4.09. The molecule has 1 aromatic carbocycles. The van der Waals surface area contributed by atoms with E-state index in [-0.39, 0.29) is 11.7 Å². The van der Waals surface area contributed by atoms with Gasteiger partial charge in [0.2, 0.25) is 0 Å². The van der Waals surface area contributed by atoms with Crippen LogP contribution in [0.5, 0.6) is 0 Å². The highest BCUT2D eigenvalue weighted by molar-refractivity contribution is 9.09. The van der Waals surface area contributed by atoms with Gasteiger partial charge in [0.25, 0.3) is 0 Å². The molecule has 0 amide bonds. The van der Waals surface area contributed by atoms with Crippen LogP contribution in [0.1, 0.15) is 30.9 Å². The molecule has 0 fully saturated rings. The molecule has 1 unspecified atom stereocenters. The Morgan fingerprint density at radius 1 is 1.22 bits per heavy atom. The third-order valence-electron chi connectivity index (χ3n) is 3.21. The van der Waals surface area contributed by atoms with Gasteiger partial charge in [-0.25, -0.2) is 8.42 Å². The van der Waals surface area contributed by atoms with Crippen molar-refractivity contribution in [1.29, 1.82) is 0 Å². The summed E-state index contributed by atoms with van der Waals surface area (Å²) in [6, 6.07) is 5.38. The monoisotopic (exact) mass is 332 g/mol. The molecule has 0 saturated carbocycles. The molecule has 0 heterocycles. The maximum atomic E-state index is 12.3. The van der Waals surface area contributed by atoms with Crippen LogP contribution in [-0.2, 0) is 9.84 Å². The Kier molecular flexibility index (Phi) is 5.86. The Morgan fingerprint density at radius 2 is 1.89 bits per heavy atom. The first-order valence-electron chi connectivity index (χ1n) is 6.26. The molecule has 0 aliphatic rings. The van der Waals surface area contributed by atoms with Crippen LogP contribution < -0.4 is 0 Å². The minimum atomic E-state index is -3.16. The van der Waals surface area contributed by atoms with Crippen molar-refractivity contribution in [3.63, 3.8) is 0 Å². The Balaban J connectivity index is 2.95. The Morgan fingerprint density at radius 3 is 2.39 bits per heavy atom. The predicted molar refractivity (Wildman–Crippen MR) is 80.2 cm³/mol. The number of hydrogen-bond acceptors (Lipinski definition) is 2. The van der Waals surface area contributed by atoms with E-state index < -0.39 is 9.84 Å². The van der Waals surface area contributed by atoms with Gasteiger partial charge < -0.3 is 0 Å². The normalized spacial score (nSPS) is 13.6. The number of rotatable bonds is 6. The first kappa shape index (κ1) is 15.7. The lowest BCUT2D eigenvalue weighted by molar-refractivity contribution is 0.552. The van der Waals surface area contributed by atoms with Crippen LogP contribution in [0.25, 0.3) is 0 Å². The lowest BCUT2D eigenvalue weighted by atomic mass is 10.1. The third-order valence-corrected chi connectivity index (χ3v) is 6.01. The number of aryl methyl sites for hydroxylation is 2. The van der Waals surface area contributed by atoms with Gasteiger partial charge >= 0.3 is 0 Å². The molecular weight excluding hydrogens is 312 g/mol. The Labute approximate surface area is 119 Å². The van der Waals surface area contributed by atoms with Gasteiger partial charge in [-0.3, -0.25) is 0 Å². The zero-order valence-corrected chi connectivity index (χ0v) is 13.6. The van der Waals surface area contributed by atoms with Crippen LogP contribution in [0.3, 0.4) is 0 Å². The molecule has 1 aromatic rings. The van der Waals surface area contributed by atoms with Crippen molar-refractivity contribution in [3.05, 3.63) is 29.3 Å². The van der Waals surface area contributed by atoms with Gasteiger partial charge in [-0.15, -0.1) is 0 Å². The number of benzene rings is 1. The molecule has 0 aliphatic heterocycles. The van der Waals surface area contributed by atoms with Gasteiger partial charge in [-0.05, 0) is 49.4 Å². The van der Waals surface area contributed by atoms with Crippen LogP contribution >= 0.6 is 15.9 Å². The SMILES string of the molecule is CCCC(CBr)CS(=O)(=O)c1ccc(C)c(C)c1. The molecular formula is C14H21BrO2S. The van der Waals surface area contributed by atoms with E-state index in [4.69, 9.17) is 0 Å². The Hall–Kier alpha value is -0.350. The summed E-state index contributed by atoms with van der Waals surface area (Å²) in [5.41, 5.74) is 2.15. The molecule has 2 nitrogen and oxygen atoms in total. The van der Waals surface area contributed by atoms with Gasteiger partial charge in [-0.1, -0.05) is 35.3 Å². The predicted octanol–water partition coefficient (Wildman–Crippen LogP) is 3.89. The minimum Gasteiger partial charge on any atom is -0.224 e. The van der Waals surface area contributed by atoms with Crippen LogP contribution in [-0.4, -0.2) is 19.5 Å². The highest BCUT2D eigenvalue weighted by Crippen LogP contribution is 2.21. The highest BCUT2D eigenvalue weighted by Gasteiger charge is 2.20. The zero-order chi connectivity index (χ0) is 13.8. The van der Waals surface area contributed by atoms with E-state index in [1.54, 1.807) is 12.1 Å². The summed E-state index contributed by atoms with van der Waals surface area (Å²) < 4.78 is 24.6. The number of hydrogen-bond donors (Lipinski definition) is 0. The van der Waals surface area contributed by atoms with Crippen molar-refractivity contribution >= 4 is 25.8 Å². The molecule has 0 radical (unpaired) electrons. The van der Waals surface area contributed by atoms with Crippen LogP contribution in [0.2, 0.25) is 0 Å². The van der Waals surface area contributed by atoms with Gasteiger partial charge in [0.1, 0.15) is 0 Å². The van der Waals surface area contributed by atoms with Crippen molar-refractivity contribution in [2.45, 2.75) is 38.5 Å². The van der Waals surface area contributed by atoms with E-state index in [0.717, 1.165) is 29.3 Å². The maximum absolute atomic E-state index is 12.3. The van der Waals surface area contributed by atoms with Gasteiger partial charge in [0, 0.05) is 5.33 Å². The van der Waals surface area contributed by atoms with Gasteiger partial charge in [-0.2, -0.15) is 0 Å². The molecule has 0 spiro atoms. The molecule has 4 heteroatoms. The van der Waals surface area contributed by atoms with Crippen molar-refractivity contribution in [2.24, 2.45) is 5.92 Å². The fourth-order valence-electron chi connectivity index (χ4n) is 1.93. The smallest absolute Gasteiger partial charge is 0.178 e. The molecule has 0 saturated heterocycles. The summed E-state index contributed by atoms with van der Waals surface area (Å²) in [6.45, 7) is 6.02.